The molecule has 2 aliphatic carbocycles. The van der Waals surface area contributed by atoms with Crippen LogP contribution in [-0.2, 0) is 20.7 Å². The Morgan fingerprint density at radius 3 is 2.55 bits per heavy atom. The molecule has 44 heavy (non-hydrogen) atoms. The fourth-order valence-corrected chi connectivity index (χ4v) is 8.26. The third-order valence-electron chi connectivity index (χ3n) is 10.5. The number of aliphatic hydroxyl groups is 1. The summed E-state index contributed by atoms with van der Waals surface area (Å²) in [6, 6.07) is 12.4. The number of hydrogen-bond donors (Lipinski definition) is 1. The summed E-state index contributed by atoms with van der Waals surface area (Å²) in [6.45, 7) is 9.46. The number of benzene rings is 1. The highest BCUT2D eigenvalue weighted by atomic mass is 16.6. The quantitative estimate of drug-likeness (QED) is 0.368. The second-order valence-electron chi connectivity index (χ2n) is 13.0. The Hall–Kier alpha value is -3.98. The van der Waals surface area contributed by atoms with Crippen molar-refractivity contribution in [3.63, 3.8) is 0 Å². The fraction of sp³-hybridized carbons (Fsp3) is 0.486. The topological polar surface area (TPSA) is 125 Å². The van der Waals surface area contributed by atoms with Crippen LogP contribution < -0.4 is 10.4 Å². The molecule has 0 amide bonds. The Morgan fingerprint density at radius 2 is 1.89 bits per heavy atom. The summed E-state index contributed by atoms with van der Waals surface area (Å²) >= 11 is 0. The van der Waals surface area contributed by atoms with Crippen molar-refractivity contribution in [3.05, 3.63) is 82.0 Å². The van der Waals surface area contributed by atoms with E-state index in [1.54, 1.807) is 42.7 Å². The maximum atomic E-state index is 13.6. The van der Waals surface area contributed by atoms with Crippen LogP contribution in [-0.4, -0.2) is 39.8 Å². The first-order chi connectivity index (χ1) is 21.0. The van der Waals surface area contributed by atoms with Crippen LogP contribution in [0.25, 0.3) is 11.3 Å². The molecule has 0 saturated heterocycles. The number of nitrogens with zero attached hydrogens (tertiary/aromatic N) is 1. The van der Waals surface area contributed by atoms with Gasteiger partial charge in [-0.3, -0.25) is 9.78 Å². The number of carbonyl (C=O) groups is 2. The Balaban J connectivity index is 1.44. The van der Waals surface area contributed by atoms with E-state index in [4.69, 9.17) is 18.6 Å². The lowest BCUT2D eigenvalue weighted by atomic mass is 9.46. The first kappa shape index (κ1) is 30.1. The monoisotopic (exact) mass is 601 g/mol. The molecule has 1 aliphatic heterocycles. The van der Waals surface area contributed by atoms with Crippen molar-refractivity contribution in [2.24, 2.45) is 23.2 Å². The van der Waals surface area contributed by atoms with Gasteiger partial charge in [-0.1, -0.05) is 32.9 Å². The van der Waals surface area contributed by atoms with Crippen molar-refractivity contribution in [2.75, 3.05) is 0 Å². The average Bonchev–Trinajstić information content (AvgIpc) is 2.99. The van der Waals surface area contributed by atoms with Crippen LogP contribution in [0.5, 0.6) is 5.75 Å². The van der Waals surface area contributed by atoms with Gasteiger partial charge < -0.3 is 23.7 Å². The van der Waals surface area contributed by atoms with Gasteiger partial charge in [0, 0.05) is 36.9 Å². The van der Waals surface area contributed by atoms with Crippen LogP contribution in [0.15, 0.2) is 64.1 Å². The van der Waals surface area contributed by atoms with E-state index in [1.165, 1.54) is 6.92 Å². The van der Waals surface area contributed by atoms with Crippen LogP contribution in [0.4, 0.5) is 0 Å². The molecule has 1 aromatic carbocycles. The van der Waals surface area contributed by atoms with Gasteiger partial charge >= 0.3 is 17.6 Å². The van der Waals surface area contributed by atoms with Crippen molar-refractivity contribution in [2.45, 2.75) is 84.2 Å². The second kappa shape index (κ2) is 11.2. The Labute approximate surface area is 256 Å². The summed E-state index contributed by atoms with van der Waals surface area (Å²) in [5.41, 5.74) is -0.254. The number of carbonyl (C=O) groups excluding carboxylic acids is 2. The van der Waals surface area contributed by atoms with E-state index in [-0.39, 0.29) is 41.0 Å². The van der Waals surface area contributed by atoms with E-state index in [2.05, 4.69) is 11.9 Å². The minimum absolute atomic E-state index is 0.0528. The lowest BCUT2D eigenvalue weighted by molar-refractivity contribution is -0.243. The van der Waals surface area contributed by atoms with Gasteiger partial charge in [0.25, 0.3) is 0 Å². The average molecular weight is 602 g/mol. The summed E-state index contributed by atoms with van der Waals surface area (Å²) in [6.07, 6.45) is 3.36. The minimum Gasteiger partial charge on any atom is -0.482 e. The first-order valence-corrected chi connectivity index (χ1v) is 15.4. The molecule has 1 N–H and O–H groups in total. The molecule has 2 aromatic heterocycles. The normalized spacial score (nSPS) is 32.3. The molecule has 6 rings (SSSR count). The van der Waals surface area contributed by atoms with Gasteiger partial charge in [-0.15, -0.1) is 0 Å². The molecule has 3 aliphatic rings. The van der Waals surface area contributed by atoms with Crippen LogP contribution in [0.3, 0.4) is 0 Å². The lowest BCUT2D eigenvalue weighted by Crippen LogP contribution is -2.69. The van der Waals surface area contributed by atoms with Crippen LogP contribution in [0, 0.1) is 23.2 Å². The second-order valence-corrected chi connectivity index (χ2v) is 13.0. The number of ether oxygens (including phenoxy) is 3. The van der Waals surface area contributed by atoms with Crippen molar-refractivity contribution >= 4 is 11.9 Å². The van der Waals surface area contributed by atoms with E-state index in [1.807, 2.05) is 32.9 Å². The molecule has 2 saturated carbocycles. The Kier molecular flexibility index (Phi) is 7.64. The van der Waals surface area contributed by atoms with Crippen LogP contribution in [0.2, 0.25) is 0 Å². The van der Waals surface area contributed by atoms with Crippen molar-refractivity contribution in [1.29, 1.82) is 0 Å². The number of esters is 2. The van der Waals surface area contributed by atoms with E-state index in [0.29, 0.717) is 30.4 Å². The number of aromatic nitrogens is 1. The fourth-order valence-electron chi connectivity index (χ4n) is 8.26. The number of rotatable bonds is 5. The maximum absolute atomic E-state index is 13.6. The summed E-state index contributed by atoms with van der Waals surface area (Å²) in [4.78, 5) is 43.1. The molecule has 232 valence electrons. The minimum atomic E-state index is -1.25. The number of aryl methyl sites for hydroxylation is 1. The zero-order chi connectivity index (χ0) is 31.4. The van der Waals surface area contributed by atoms with E-state index >= 15 is 0 Å². The summed E-state index contributed by atoms with van der Waals surface area (Å²) in [7, 11) is 0. The SMILES string of the molecule is CCc1ccc(C(=O)OC2CC3C(C)C(OC(C)=O)CCC3(C)C3C(O)c4c(cc(-c5cccnc5)oc4=O)OC23C)cc1. The highest BCUT2D eigenvalue weighted by molar-refractivity contribution is 5.89. The number of pyridine rings is 1. The molecule has 8 atom stereocenters. The number of fused-ring (bicyclic) bond motifs is 4. The zero-order valence-corrected chi connectivity index (χ0v) is 25.7. The third-order valence-corrected chi connectivity index (χ3v) is 10.5. The van der Waals surface area contributed by atoms with Gasteiger partial charge in [0.05, 0.1) is 11.7 Å². The molecule has 0 radical (unpaired) electrons. The van der Waals surface area contributed by atoms with Crippen molar-refractivity contribution in [1.82, 2.24) is 4.98 Å². The molecule has 9 nitrogen and oxygen atoms in total. The summed E-state index contributed by atoms with van der Waals surface area (Å²) in [5.74, 6) is -1.21. The highest BCUT2D eigenvalue weighted by Gasteiger charge is 2.68. The molecule has 2 fully saturated rings. The van der Waals surface area contributed by atoms with E-state index in [9.17, 15) is 19.5 Å². The largest absolute Gasteiger partial charge is 0.482 e. The highest BCUT2D eigenvalue weighted by Crippen LogP contribution is 2.65. The Bertz CT molecular complexity index is 1620. The lowest BCUT2D eigenvalue weighted by Gasteiger charge is -2.64. The van der Waals surface area contributed by atoms with Gasteiger partial charge in [0.2, 0.25) is 0 Å². The molecule has 3 aromatic rings. The predicted molar refractivity (Wildman–Crippen MR) is 161 cm³/mol. The van der Waals surface area contributed by atoms with Crippen molar-refractivity contribution < 1.29 is 33.3 Å². The predicted octanol–water partition coefficient (Wildman–Crippen LogP) is 5.68. The van der Waals surface area contributed by atoms with E-state index < -0.39 is 40.7 Å². The summed E-state index contributed by atoms with van der Waals surface area (Å²) < 4.78 is 24.5. The molecule has 9 heteroatoms. The molecule has 0 spiro atoms. The van der Waals surface area contributed by atoms with Gasteiger partial charge in [0.1, 0.15) is 34.9 Å². The molecule has 3 heterocycles. The molecular weight excluding hydrogens is 562 g/mol. The smallest absolute Gasteiger partial charge is 0.345 e. The maximum Gasteiger partial charge on any atom is 0.345 e. The van der Waals surface area contributed by atoms with Crippen LogP contribution in [0.1, 0.15) is 81.5 Å². The standard InChI is InChI=1S/C35H39NO8/c1-6-21-9-11-22(12-10-21)32(39)43-28-16-24-19(2)25(41-20(3)37)13-14-34(24,4)31-30(38)29-27(44-35(28,31)5)17-26(42-33(29)40)23-8-7-15-36-18-23/h7-12,15,17-19,24-25,28,30-31,38H,6,13-14,16H2,1-5H3. The van der Waals surface area contributed by atoms with Crippen molar-refractivity contribution in [3.8, 4) is 17.1 Å². The first-order valence-electron chi connectivity index (χ1n) is 15.4. The van der Waals surface area contributed by atoms with Gasteiger partial charge in [-0.2, -0.15) is 0 Å². The number of aliphatic hydroxyl groups excluding tert-OH is 1. The molecular formula is C35H39NO8. The summed E-state index contributed by atoms with van der Waals surface area (Å²) in [5, 5.41) is 12.1. The molecule has 8 unspecified atom stereocenters. The molecule has 0 bridgehead atoms. The van der Waals surface area contributed by atoms with E-state index in [0.717, 1.165) is 12.0 Å². The van der Waals surface area contributed by atoms with Gasteiger partial charge in [-0.05, 0) is 79.7 Å². The Morgan fingerprint density at radius 1 is 1.14 bits per heavy atom. The van der Waals surface area contributed by atoms with Gasteiger partial charge in [0.15, 0.2) is 0 Å². The number of hydrogen-bond acceptors (Lipinski definition) is 9. The van der Waals surface area contributed by atoms with Crippen LogP contribution >= 0.6 is 0 Å². The third kappa shape index (κ3) is 4.91. The zero-order valence-electron chi connectivity index (χ0n) is 25.7. The van der Waals surface area contributed by atoms with Gasteiger partial charge in [-0.25, -0.2) is 9.59 Å².